The lowest BCUT2D eigenvalue weighted by Gasteiger charge is -2.20. The molecule has 1 unspecified atom stereocenters. The van der Waals surface area contributed by atoms with Gasteiger partial charge in [-0.2, -0.15) is 0 Å². The molecule has 2 aliphatic heterocycles. The van der Waals surface area contributed by atoms with Gasteiger partial charge in [-0.15, -0.1) is 0 Å². The number of para-hydroxylation sites is 2. The molecular weight excluding hydrogens is 300 g/mol. The average Bonchev–Trinajstić information content (AvgIpc) is 2.87. The zero-order valence-electron chi connectivity index (χ0n) is 14.2. The summed E-state index contributed by atoms with van der Waals surface area (Å²) in [4.78, 5) is 12.2. The normalized spacial score (nSPS) is 18.1. The number of rotatable bonds is 1. The molecule has 0 radical (unpaired) electrons. The first kappa shape index (κ1) is 16.1. The van der Waals surface area contributed by atoms with Gasteiger partial charge in [0.25, 0.3) is 0 Å². The molecule has 0 saturated carbocycles. The van der Waals surface area contributed by atoms with E-state index in [0.29, 0.717) is 12.2 Å². The molecule has 2 aromatic rings. The molecule has 0 fully saturated rings. The predicted octanol–water partition coefficient (Wildman–Crippen LogP) is 4.41. The number of cyclic esters (lactones) is 1. The predicted molar refractivity (Wildman–Crippen MR) is 96.9 cm³/mol. The van der Waals surface area contributed by atoms with Gasteiger partial charge in [-0.25, -0.2) is 4.79 Å². The van der Waals surface area contributed by atoms with E-state index in [9.17, 15) is 4.79 Å². The average molecular weight is 322 g/mol. The van der Waals surface area contributed by atoms with Crippen LogP contribution in [-0.4, -0.2) is 12.6 Å². The van der Waals surface area contributed by atoms with E-state index in [4.69, 9.17) is 4.74 Å². The maximum Gasteiger partial charge on any atom is 0.338 e. The van der Waals surface area contributed by atoms with Crippen molar-refractivity contribution in [3.8, 4) is 0 Å². The maximum absolute atomic E-state index is 12.2. The molecule has 0 aromatic heterocycles. The number of benzene rings is 2. The van der Waals surface area contributed by atoms with E-state index in [-0.39, 0.29) is 12.0 Å². The zero-order chi connectivity index (χ0) is 17.1. The van der Waals surface area contributed by atoms with Crippen molar-refractivity contribution in [2.24, 2.45) is 0 Å². The number of ether oxygens (including phenoxy) is 1. The van der Waals surface area contributed by atoms with Gasteiger partial charge in [0.1, 0.15) is 6.61 Å². The molecule has 24 heavy (non-hydrogen) atoms. The SMILES string of the molecule is CC.Cc1cccc(C2Nc3ccccc3NC3=C2C(=O)OC3)c1. The Labute approximate surface area is 142 Å². The lowest BCUT2D eigenvalue weighted by molar-refractivity contribution is -0.136. The van der Waals surface area contributed by atoms with E-state index in [0.717, 1.165) is 22.6 Å². The fourth-order valence-corrected chi connectivity index (χ4v) is 3.02. The molecule has 4 nitrogen and oxygen atoms in total. The second kappa shape index (κ2) is 6.79. The smallest absolute Gasteiger partial charge is 0.338 e. The second-order valence-corrected chi connectivity index (χ2v) is 5.63. The molecule has 2 aliphatic rings. The summed E-state index contributed by atoms with van der Waals surface area (Å²) < 4.78 is 5.24. The van der Waals surface area contributed by atoms with Gasteiger partial charge in [-0.1, -0.05) is 55.8 Å². The highest BCUT2D eigenvalue weighted by Gasteiger charge is 2.35. The minimum atomic E-state index is -0.255. The number of hydrogen-bond acceptors (Lipinski definition) is 4. The van der Waals surface area contributed by atoms with Gasteiger partial charge in [-0.3, -0.25) is 0 Å². The third-order valence-corrected chi connectivity index (χ3v) is 4.07. The summed E-state index contributed by atoms with van der Waals surface area (Å²) in [6.45, 7) is 6.35. The third-order valence-electron chi connectivity index (χ3n) is 4.07. The van der Waals surface area contributed by atoms with E-state index < -0.39 is 0 Å². The van der Waals surface area contributed by atoms with Gasteiger partial charge < -0.3 is 15.4 Å². The maximum atomic E-state index is 12.2. The number of fused-ring (bicyclic) bond motifs is 1. The topological polar surface area (TPSA) is 50.4 Å². The second-order valence-electron chi connectivity index (χ2n) is 5.63. The number of carbonyl (C=O) groups is 1. The standard InChI is InChI=1S/C18H16N2O2.C2H6/c1-11-5-4-6-12(9-11)17-16-15(10-22-18(16)21)19-13-7-2-3-8-14(13)20-17;1-2/h2-9,17,19-20H,10H2,1H3;1-2H3. The summed E-state index contributed by atoms with van der Waals surface area (Å²) in [6, 6.07) is 15.9. The Kier molecular flexibility index (Phi) is 4.56. The molecule has 2 N–H and O–H groups in total. The Hall–Kier alpha value is -2.75. The Morgan fingerprint density at radius 3 is 2.54 bits per heavy atom. The highest BCUT2D eigenvalue weighted by molar-refractivity contribution is 5.96. The van der Waals surface area contributed by atoms with Crippen molar-refractivity contribution in [1.29, 1.82) is 0 Å². The lowest BCUT2D eigenvalue weighted by atomic mass is 9.96. The van der Waals surface area contributed by atoms with Crippen LogP contribution in [-0.2, 0) is 9.53 Å². The van der Waals surface area contributed by atoms with Gasteiger partial charge in [-0.05, 0) is 24.6 Å². The van der Waals surface area contributed by atoms with Crippen LogP contribution < -0.4 is 10.6 Å². The van der Waals surface area contributed by atoms with Gasteiger partial charge >= 0.3 is 5.97 Å². The molecule has 0 amide bonds. The van der Waals surface area contributed by atoms with E-state index in [1.54, 1.807) is 0 Å². The van der Waals surface area contributed by atoms with Crippen LogP contribution in [0.4, 0.5) is 11.4 Å². The monoisotopic (exact) mass is 322 g/mol. The van der Waals surface area contributed by atoms with Crippen molar-refractivity contribution >= 4 is 17.3 Å². The first-order chi connectivity index (χ1) is 11.7. The number of esters is 1. The number of anilines is 2. The molecule has 1 atom stereocenters. The summed E-state index contributed by atoms with van der Waals surface area (Å²) in [6.07, 6.45) is 0. The summed E-state index contributed by atoms with van der Waals surface area (Å²) in [5, 5.41) is 6.82. The molecule has 4 heteroatoms. The van der Waals surface area contributed by atoms with E-state index >= 15 is 0 Å². The van der Waals surface area contributed by atoms with Crippen LogP contribution in [0.2, 0.25) is 0 Å². The Balaban J connectivity index is 0.000000815. The molecule has 0 spiro atoms. The summed E-state index contributed by atoms with van der Waals surface area (Å²) in [5.74, 6) is -0.255. The van der Waals surface area contributed by atoms with Crippen LogP contribution in [0.15, 0.2) is 59.8 Å². The van der Waals surface area contributed by atoms with Crippen LogP contribution >= 0.6 is 0 Å². The van der Waals surface area contributed by atoms with Crippen molar-refractivity contribution in [3.63, 3.8) is 0 Å². The summed E-state index contributed by atoms with van der Waals surface area (Å²) in [5.41, 5.74) is 5.68. The van der Waals surface area contributed by atoms with Crippen LogP contribution in [0.1, 0.15) is 31.0 Å². The molecule has 124 valence electrons. The van der Waals surface area contributed by atoms with Gasteiger partial charge in [0.05, 0.1) is 28.7 Å². The molecule has 0 aliphatic carbocycles. The molecule has 0 bridgehead atoms. The molecular formula is C20H22N2O2. The van der Waals surface area contributed by atoms with Crippen LogP contribution in [0.25, 0.3) is 0 Å². The summed E-state index contributed by atoms with van der Waals surface area (Å²) >= 11 is 0. The summed E-state index contributed by atoms with van der Waals surface area (Å²) in [7, 11) is 0. The largest absolute Gasteiger partial charge is 0.456 e. The fourth-order valence-electron chi connectivity index (χ4n) is 3.02. The number of hydrogen-bond donors (Lipinski definition) is 2. The molecule has 0 saturated heterocycles. The van der Waals surface area contributed by atoms with Crippen molar-refractivity contribution < 1.29 is 9.53 Å². The first-order valence-electron chi connectivity index (χ1n) is 8.32. The van der Waals surface area contributed by atoms with Crippen molar-refractivity contribution in [2.45, 2.75) is 26.8 Å². The quantitative estimate of drug-likeness (QED) is 0.764. The van der Waals surface area contributed by atoms with Crippen LogP contribution in [0.3, 0.4) is 0 Å². The highest BCUT2D eigenvalue weighted by Crippen LogP contribution is 2.39. The molecule has 2 aromatic carbocycles. The number of aryl methyl sites for hydroxylation is 1. The third kappa shape index (κ3) is 2.87. The highest BCUT2D eigenvalue weighted by atomic mass is 16.5. The van der Waals surface area contributed by atoms with Gasteiger partial charge in [0.15, 0.2) is 0 Å². The van der Waals surface area contributed by atoms with Gasteiger partial charge in [0, 0.05) is 0 Å². The molecule has 2 heterocycles. The minimum absolute atomic E-state index is 0.207. The minimum Gasteiger partial charge on any atom is -0.456 e. The van der Waals surface area contributed by atoms with E-state index in [1.807, 2.05) is 50.2 Å². The van der Waals surface area contributed by atoms with Crippen molar-refractivity contribution in [3.05, 3.63) is 70.9 Å². The van der Waals surface area contributed by atoms with Crippen LogP contribution in [0, 0.1) is 6.92 Å². The Morgan fingerprint density at radius 2 is 1.79 bits per heavy atom. The van der Waals surface area contributed by atoms with E-state index in [2.05, 4.69) is 29.7 Å². The van der Waals surface area contributed by atoms with Gasteiger partial charge in [0.2, 0.25) is 0 Å². The number of carbonyl (C=O) groups excluding carboxylic acids is 1. The lowest BCUT2D eigenvalue weighted by Crippen LogP contribution is -2.17. The fraction of sp³-hybridized carbons (Fsp3) is 0.250. The van der Waals surface area contributed by atoms with Crippen LogP contribution in [0.5, 0.6) is 0 Å². The van der Waals surface area contributed by atoms with Crippen molar-refractivity contribution in [2.75, 3.05) is 17.2 Å². The zero-order valence-corrected chi connectivity index (χ0v) is 14.2. The van der Waals surface area contributed by atoms with E-state index in [1.165, 1.54) is 5.56 Å². The first-order valence-corrected chi connectivity index (χ1v) is 8.32. The number of nitrogens with one attached hydrogen (secondary N) is 2. The Bertz CT molecular complexity index is 796. The molecule has 4 rings (SSSR count). The van der Waals surface area contributed by atoms with Crippen molar-refractivity contribution in [1.82, 2.24) is 0 Å². The Morgan fingerprint density at radius 1 is 1.04 bits per heavy atom.